The van der Waals surface area contributed by atoms with Gasteiger partial charge in [-0.05, 0) is 48.5 Å². The third-order valence-corrected chi connectivity index (χ3v) is 10.5. The van der Waals surface area contributed by atoms with Gasteiger partial charge in [-0.2, -0.15) is 0 Å². The van der Waals surface area contributed by atoms with Gasteiger partial charge in [0.05, 0.1) is 19.7 Å². The maximum atomic E-state index is 14.1. The third kappa shape index (κ3) is 8.53. The first-order chi connectivity index (χ1) is 21.8. The highest BCUT2D eigenvalue weighted by atomic mass is 35.5. The van der Waals surface area contributed by atoms with Gasteiger partial charge in [0.1, 0.15) is 28.6 Å². The van der Waals surface area contributed by atoms with Crippen molar-refractivity contribution in [2.75, 3.05) is 5.62 Å². The molecule has 0 radical (unpaired) electrons. The van der Waals surface area contributed by atoms with Crippen LogP contribution in [0.15, 0.2) is 102 Å². The number of hydrogen-bond acceptors (Lipinski definition) is 13. The molecule has 18 nitrogen and oxygen atoms in total. The average molecular weight is 694 g/mol. The molecule has 21 heteroatoms. The minimum Gasteiger partial charge on any atom is -0.427 e. The second-order valence-corrected chi connectivity index (χ2v) is 13.3. The number of nitro groups is 4. The lowest BCUT2D eigenvalue weighted by Crippen LogP contribution is -2.09. The van der Waals surface area contributed by atoms with Crippen molar-refractivity contribution in [3.8, 4) is 23.0 Å². The fourth-order valence-electron chi connectivity index (χ4n) is 3.42. The molecule has 46 heavy (non-hydrogen) atoms. The minimum atomic E-state index is -4.54. The number of halogens is 1. The maximum Gasteiger partial charge on any atom is 0.532 e. The van der Waals surface area contributed by atoms with Gasteiger partial charge in [0.15, 0.2) is 0 Å². The van der Waals surface area contributed by atoms with E-state index in [1.807, 2.05) is 0 Å². The highest BCUT2D eigenvalue weighted by Crippen LogP contribution is 2.64. The number of nitrogens with zero attached hydrogens (tertiary/aromatic N) is 5. The average Bonchev–Trinajstić information content (AvgIpc) is 3.02. The lowest BCUT2D eigenvalue weighted by atomic mass is 10.3. The fraction of sp³-hybridized carbons (Fsp3) is 0.0400. The molecule has 0 bridgehead atoms. The zero-order chi connectivity index (χ0) is 33.5. The summed E-state index contributed by atoms with van der Waals surface area (Å²) in [6.07, 6.45) is 0. The SMILES string of the molecule is O=[N+]([O-])c1ccc(OP(=O)(CCl)N=P(Oc2ccc([N+](=O)[O-])cc2)(Oc2ccc([N+](=O)[O-])cc2)Oc2ccc([N+](=O)[O-])cc2)cc1. The largest absolute Gasteiger partial charge is 0.532 e. The summed E-state index contributed by atoms with van der Waals surface area (Å²) in [5.74, 6) is -0.605. The molecule has 4 rings (SSSR count). The Balaban J connectivity index is 1.89. The predicted molar refractivity (Wildman–Crippen MR) is 163 cm³/mol. The Morgan fingerprint density at radius 3 is 0.957 bits per heavy atom. The van der Waals surface area contributed by atoms with Crippen LogP contribution in [0.3, 0.4) is 0 Å². The van der Waals surface area contributed by atoms with Gasteiger partial charge in [-0.25, -0.2) is 0 Å². The molecule has 0 heterocycles. The molecular formula is C25H18ClN5O13P2. The van der Waals surface area contributed by atoms with Crippen molar-refractivity contribution in [1.82, 2.24) is 0 Å². The van der Waals surface area contributed by atoms with Gasteiger partial charge in [-0.3, -0.25) is 45.0 Å². The Bertz CT molecular complexity index is 1720. The lowest BCUT2D eigenvalue weighted by molar-refractivity contribution is -0.385. The molecule has 0 saturated carbocycles. The molecule has 0 aliphatic rings. The van der Waals surface area contributed by atoms with E-state index in [9.17, 15) is 45.0 Å². The van der Waals surface area contributed by atoms with Gasteiger partial charge in [0.2, 0.25) is 0 Å². The summed E-state index contributed by atoms with van der Waals surface area (Å²) in [4.78, 5) is 41.9. The second-order valence-electron chi connectivity index (χ2n) is 8.68. The molecule has 0 N–H and O–H groups in total. The van der Waals surface area contributed by atoms with E-state index in [4.69, 9.17) is 29.7 Å². The van der Waals surface area contributed by atoms with Gasteiger partial charge >= 0.3 is 15.3 Å². The molecule has 1 unspecified atom stereocenters. The quantitative estimate of drug-likeness (QED) is 0.0523. The van der Waals surface area contributed by atoms with Gasteiger partial charge in [0, 0.05) is 48.5 Å². The molecule has 0 aliphatic carbocycles. The van der Waals surface area contributed by atoms with Crippen molar-refractivity contribution in [3.05, 3.63) is 138 Å². The summed E-state index contributed by atoms with van der Waals surface area (Å²) < 4.78 is 41.8. The molecule has 0 saturated heterocycles. The highest BCUT2D eigenvalue weighted by Gasteiger charge is 2.38. The summed E-state index contributed by atoms with van der Waals surface area (Å²) in [7, 11) is -9.04. The van der Waals surface area contributed by atoms with Crippen LogP contribution >= 0.6 is 26.9 Å². The van der Waals surface area contributed by atoms with E-state index in [2.05, 4.69) is 4.52 Å². The molecule has 0 fully saturated rings. The number of non-ortho nitro benzene ring substituents is 4. The van der Waals surface area contributed by atoms with Crippen molar-refractivity contribution >= 4 is 49.6 Å². The van der Waals surface area contributed by atoms with E-state index in [1.165, 1.54) is 0 Å². The van der Waals surface area contributed by atoms with E-state index >= 15 is 0 Å². The Kier molecular flexibility index (Phi) is 10.2. The first kappa shape index (κ1) is 33.3. The molecule has 1 atom stereocenters. The minimum absolute atomic E-state index is 0.150. The molecule has 4 aromatic rings. The Morgan fingerprint density at radius 2 is 0.739 bits per heavy atom. The Morgan fingerprint density at radius 1 is 0.500 bits per heavy atom. The van der Waals surface area contributed by atoms with Crippen molar-refractivity contribution in [2.24, 2.45) is 4.52 Å². The van der Waals surface area contributed by atoms with Crippen LogP contribution in [-0.4, -0.2) is 25.3 Å². The molecule has 0 aromatic heterocycles. The van der Waals surface area contributed by atoms with Crippen LogP contribution in [0.25, 0.3) is 0 Å². The summed E-state index contributed by atoms with van der Waals surface area (Å²) in [5, 5.41) is 44.6. The van der Waals surface area contributed by atoms with Crippen LogP contribution in [0, 0.1) is 40.5 Å². The molecule has 238 valence electrons. The molecule has 0 amide bonds. The number of nitro benzene ring substituents is 4. The van der Waals surface area contributed by atoms with Crippen LogP contribution in [0.4, 0.5) is 22.7 Å². The zero-order valence-corrected chi connectivity index (χ0v) is 25.3. The van der Waals surface area contributed by atoms with E-state index in [1.54, 1.807) is 0 Å². The number of alkyl halides is 1. The summed E-state index contributed by atoms with van der Waals surface area (Å²) >= 11 is 6.06. The summed E-state index contributed by atoms with van der Waals surface area (Å²) in [6.45, 7) is 0. The van der Waals surface area contributed by atoms with Gasteiger partial charge < -0.3 is 18.1 Å². The van der Waals surface area contributed by atoms with Gasteiger partial charge in [-0.1, -0.05) is 4.52 Å². The normalized spacial score (nSPS) is 12.2. The van der Waals surface area contributed by atoms with Crippen molar-refractivity contribution in [3.63, 3.8) is 0 Å². The van der Waals surface area contributed by atoms with E-state index in [-0.39, 0.29) is 45.7 Å². The van der Waals surface area contributed by atoms with Crippen molar-refractivity contribution < 1.29 is 42.4 Å². The summed E-state index contributed by atoms with van der Waals surface area (Å²) in [5.41, 5.74) is -2.05. The highest BCUT2D eigenvalue weighted by molar-refractivity contribution is 7.68. The van der Waals surface area contributed by atoms with Crippen LogP contribution in [-0.2, 0) is 4.57 Å². The predicted octanol–water partition coefficient (Wildman–Crippen LogP) is 8.27. The molecular weight excluding hydrogens is 676 g/mol. The summed E-state index contributed by atoms with van der Waals surface area (Å²) in [6, 6.07) is 17.8. The van der Waals surface area contributed by atoms with Crippen LogP contribution < -0.4 is 18.1 Å². The third-order valence-electron chi connectivity index (χ3n) is 5.50. The lowest BCUT2D eigenvalue weighted by Gasteiger charge is -2.26. The second kappa shape index (κ2) is 14.0. The van der Waals surface area contributed by atoms with E-state index in [0.717, 1.165) is 97.1 Å². The van der Waals surface area contributed by atoms with E-state index in [0.29, 0.717) is 0 Å². The molecule has 0 aliphatic heterocycles. The van der Waals surface area contributed by atoms with Crippen LogP contribution in [0.1, 0.15) is 0 Å². The standard InChI is InChI=1S/C25H18ClN5O13P2/c26-17-45(40,41-22-9-1-18(2-10-22)28(32)33)27-46(42-23-11-3-19(4-12-23)29(34)35,43-24-13-5-20(6-14-24)30(36)37)44-25-15-7-21(8-16-25)31(38)39/h1-16H,17H2. The van der Waals surface area contributed by atoms with Gasteiger partial charge in [-0.15, -0.1) is 11.6 Å². The molecule has 0 spiro atoms. The van der Waals surface area contributed by atoms with Crippen molar-refractivity contribution in [1.29, 1.82) is 0 Å². The van der Waals surface area contributed by atoms with Crippen LogP contribution in [0.5, 0.6) is 23.0 Å². The fourth-order valence-corrected chi connectivity index (χ4v) is 7.89. The Labute approximate surface area is 262 Å². The first-order valence-electron chi connectivity index (χ1n) is 12.4. The smallest absolute Gasteiger partial charge is 0.427 e. The van der Waals surface area contributed by atoms with Gasteiger partial charge in [0.25, 0.3) is 22.7 Å². The van der Waals surface area contributed by atoms with Crippen molar-refractivity contribution in [2.45, 2.75) is 0 Å². The monoisotopic (exact) mass is 693 g/mol. The number of benzene rings is 4. The first-order valence-corrected chi connectivity index (χ1v) is 16.1. The molecule has 4 aromatic carbocycles. The van der Waals surface area contributed by atoms with Crippen LogP contribution in [0.2, 0.25) is 0 Å². The maximum absolute atomic E-state index is 14.1. The zero-order valence-electron chi connectivity index (χ0n) is 22.8. The van der Waals surface area contributed by atoms with E-state index < -0.39 is 40.6 Å². The number of rotatable bonds is 14. The Hall–Kier alpha value is -5.57. The number of hydrogen-bond donors (Lipinski definition) is 0. The topological polar surface area (TPSA) is 239 Å².